The molecule has 0 aliphatic carbocycles. The van der Waals surface area contributed by atoms with Crippen molar-refractivity contribution in [1.29, 1.82) is 0 Å². The van der Waals surface area contributed by atoms with E-state index >= 15 is 0 Å². The Bertz CT molecular complexity index is 729. The van der Waals surface area contributed by atoms with E-state index in [0.717, 1.165) is 4.90 Å². The SMILES string of the molecule is C#CCNC(=O)CN1C(=O)NC(C)(c2ccc(Cl)cc2Cl)C1=O. The van der Waals surface area contributed by atoms with Gasteiger partial charge in [-0.3, -0.25) is 14.5 Å². The smallest absolute Gasteiger partial charge is 0.325 e. The summed E-state index contributed by atoms with van der Waals surface area (Å²) < 4.78 is 0. The number of hydrogen-bond acceptors (Lipinski definition) is 3. The predicted molar refractivity (Wildman–Crippen MR) is 85.9 cm³/mol. The summed E-state index contributed by atoms with van der Waals surface area (Å²) in [4.78, 5) is 37.2. The number of carbonyl (C=O) groups excluding carboxylic acids is 3. The molecule has 0 bridgehead atoms. The third-order valence-corrected chi connectivity index (χ3v) is 3.98. The van der Waals surface area contributed by atoms with Crippen LogP contribution < -0.4 is 10.6 Å². The molecule has 1 aromatic rings. The van der Waals surface area contributed by atoms with Gasteiger partial charge in [0.1, 0.15) is 12.1 Å². The molecule has 1 unspecified atom stereocenters. The number of nitrogens with zero attached hydrogens (tertiary/aromatic N) is 1. The first-order valence-electron chi connectivity index (χ1n) is 6.59. The van der Waals surface area contributed by atoms with Gasteiger partial charge in [0.15, 0.2) is 0 Å². The summed E-state index contributed by atoms with van der Waals surface area (Å²) in [6.45, 7) is 1.11. The maximum atomic E-state index is 12.6. The molecule has 0 radical (unpaired) electrons. The Labute approximate surface area is 143 Å². The van der Waals surface area contributed by atoms with Crippen LogP contribution >= 0.6 is 23.2 Å². The Kier molecular flexibility index (Phi) is 4.83. The number of benzene rings is 1. The molecule has 8 heteroatoms. The summed E-state index contributed by atoms with van der Waals surface area (Å²) in [6, 6.07) is 3.92. The van der Waals surface area contributed by atoms with Crippen molar-refractivity contribution in [3.63, 3.8) is 0 Å². The van der Waals surface area contributed by atoms with E-state index in [1.165, 1.54) is 13.0 Å². The van der Waals surface area contributed by atoms with Crippen molar-refractivity contribution in [1.82, 2.24) is 15.5 Å². The summed E-state index contributed by atoms with van der Waals surface area (Å²) in [6.07, 6.45) is 5.04. The summed E-state index contributed by atoms with van der Waals surface area (Å²) in [7, 11) is 0. The number of carbonyl (C=O) groups is 3. The van der Waals surface area contributed by atoms with Gasteiger partial charge in [0.25, 0.3) is 5.91 Å². The van der Waals surface area contributed by atoms with Crippen molar-refractivity contribution in [3.05, 3.63) is 33.8 Å². The third kappa shape index (κ3) is 3.26. The second-order valence-electron chi connectivity index (χ2n) is 5.05. The Morgan fingerprint density at radius 3 is 2.74 bits per heavy atom. The summed E-state index contributed by atoms with van der Waals surface area (Å²) in [5, 5.41) is 5.60. The molecule has 2 N–H and O–H groups in total. The van der Waals surface area contributed by atoms with Gasteiger partial charge >= 0.3 is 6.03 Å². The molecular formula is C15H13Cl2N3O3. The topological polar surface area (TPSA) is 78.5 Å². The highest BCUT2D eigenvalue weighted by atomic mass is 35.5. The number of urea groups is 1. The van der Waals surface area contributed by atoms with Crippen LogP contribution in [0, 0.1) is 12.3 Å². The lowest BCUT2D eigenvalue weighted by atomic mass is 9.92. The number of amides is 4. The first-order valence-corrected chi connectivity index (χ1v) is 7.35. The molecule has 6 nitrogen and oxygen atoms in total. The molecule has 2 rings (SSSR count). The molecule has 1 aliphatic heterocycles. The second-order valence-corrected chi connectivity index (χ2v) is 5.90. The number of terminal acetylenes is 1. The van der Waals surface area contributed by atoms with Crippen molar-refractivity contribution in [2.45, 2.75) is 12.5 Å². The van der Waals surface area contributed by atoms with Crippen LogP contribution in [0.2, 0.25) is 10.0 Å². The molecule has 1 fully saturated rings. The molecule has 120 valence electrons. The number of imide groups is 1. The lowest BCUT2D eigenvalue weighted by Gasteiger charge is -2.23. The van der Waals surface area contributed by atoms with Gasteiger partial charge in [-0.2, -0.15) is 0 Å². The van der Waals surface area contributed by atoms with Gasteiger partial charge < -0.3 is 10.6 Å². The number of hydrogen-bond donors (Lipinski definition) is 2. The molecule has 0 aromatic heterocycles. The van der Waals surface area contributed by atoms with Gasteiger partial charge in [-0.15, -0.1) is 6.42 Å². The van der Waals surface area contributed by atoms with Crippen LogP contribution in [0.3, 0.4) is 0 Å². The summed E-state index contributed by atoms with van der Waals surface area (Å²) in [5.41, 5.74) is -0.973. The Morgan fingerprint density at radius 1 is 1.43 bits per heavy atom. The van der Waals surface area contributed by atoms with Gasteiger partial charge in [-0.1, -0.05) is 35.2 Å². The fourth-order valence-electron chi connectivity index (χ4n) is 2.27. The summed E-state index contributed by atoms with van der Waals surface area (Å²) in [5.74, 6) is 1.12. The highest BCUT2D eigenvalue weighted by Gasteiger charge is 2.50. The molecule has 1 aromatic carbocycles. The van der Waals surface area contributed by atoms with E-state index in [1.807, 2.05) is 0 Å². The molecule has 1 saturated heterocycles. The van der Waals surface area contributed by atoms with E-state index in [1.54, 1.807) is 12.1 Å². The third-order valence-electron chi connectivity index (χ3n) is 3.43. The molecule has 4 amide bonds. The Balaban J connectivity index is 2.26. The zero-order chi connectivity index (χ0) is 17.2. The van der Waals surface area contributed by atoms with E-state index in [4.69, 9.17) is 29.6 Å². The first-order chi connectivity index (χ1) is 10.8. The van der Waals surface area contributed by atoms with Crippen LogP contribution in [-0.2, 0) is 15.1 Å². The van der Waals surface area contributed by atoms with E-state index in [9.17, 15) is 14.4 Å². The minimum absolute atomic E-state index is 0.0166. The number of halogens is 2. The highest BCUT2D eigenvalue weighted by Crippen LogP contribution is 2.34. The van der Waals surface area contributed by atoms with Crippen LogP contribution in [0.15, 0.2) is 18.2 Å². The van der Waals surface area contributed by atoms with Crippen molar-refractivity contribution in [2.24, 2.45) is 0 Å². The minimum atomic E-state index is -1.37. The van der Waals surface area contributed by atoms with Crippen LogP contribution in [0.25, 0.3) is 0 Å². The van der Waals surface area contributed by atoms with E-state index in [2.05, 4.69) is 16.6 Å². The van der Waals surface area contributed by atoms with Gasteiger partial charge in [-0.25, -0.2) is 4.79 Å². The van der Waals surface area contributed by atoms with Gasteiger partial charge in [0, 0.05) is 15.6 Å². The normalized spacial score (nSPS) is 20.2. The van der Waals surface area contributed by atoms with Gasteiger partial charge in [0.2, 0.25) is 5.91 Å². The lowest BCUT2D eigenvalue weighted by molar-refractivity contribution is -0.134. The molecule has 0 saturated carbocycles. The predicted octanol–water partition coefficient (Wildman–Crippen LogP) is 1.51. The average Bonchev–Trinajstić information content (AvgIpc) is 2.69. The molecular weight excluding hydrogens is 341 g/mol. The Morgan fingerprint density at radius 2 is 2.13 bits per heavy atom. The molecule has 0 spiro atoms. The summed E-state index contributed by atoms with van der Waals surface area (Å²) >= 11 is 12.0. The van der Waals surface area contributed by atoms with E-state index in [-0.39, 0.29) is 11.6 Å². The second kappa shape index (κ2) is 6.49. The Hall–Kier alpha value is -2.23. The molecule has 23 heavy (non-hydrogen) atoms. The largest absolute Gasteiger partial charge is 0.344 e. The van der Waals surface area contributed by atoms with Crippen LogP contribution in [0.1, 0.15) is 12.5 Å². The number of nitrogens with one attached hydrogen (secondary N) is 2. The van der Waals surface area contributed by atoms with Crippen molar-refractivity contribution in [2.75, 3.05) is 13.1 Å². The first kappa shape index (κ1) is 17.1. The zero-order valence-corrected chi connectivity index (χ0v) is 13.7. The molecule has 1 aliphatic rings. The van der Waals surface area contributed by atoms with Crippen molar-refractivity contribution < 1.29 is 14.4 Å². The van der Waals surface area contributed by atoms with Crippen molar-refractivity contribution >= 4 is 41.0 Å². The fraction of sp³-hybridized carbons (Fsp3) is 0.267. The quantitative estimate of drug-likeness (QED) is 0.636. The maximum Gasteiger partial charge on any atom is 0.325 e. The zero-order valence-electron chi connectivity index (χ0n) is 12.2. The number of rotatable bonds is 4. The standard InChI is InChI=1S/C15H13Cl2N3O3/c1-3-6-18-12(21)8-20-13(22)15(2,19-14(20)23)10-5-4-9(16)7-11(10)17/h1,4-5,7H,6,8H2,2H3,(H,18,21)(H,19,23). The van der Waals surface area contributed by atoms with Crippen LogP contribution in [0.5, 0.6) is 0 Å². The highest BCUT2D eigenvalue weighted by molar-refractivity contribution is 6.35. The average molecular weight is 354 g/mol. The fourth-order valence-corrected chi connectivity index (χ4v) is 2.86. The monoisotopic (exact) mass is 353 g/mol. The molecule has 1 atom stereocenters. The van der Waals surface area contributed by atoms with Crippen molar-refractivity contribution in [3.8, 4) is 12.3 Å². The van der Waals surface area contributed by atoms with E-state index < -0.39 is 29.9 Å². The molecule has 1 heterocycles. The van der Waals surface area contributed by atoms with Gasteiger partial charge in [-0.05, 0) is 19.1 Å². The lowest BCUT2D eigenvalue weighted by Crippen LogP contribution is -2.43. The van der Waals surface area contributed by atoms with Gasteiger partial charge in [0.05, 0.1) is 6.54 Å². The van der Waals surface area contributed by atoms with Crippen LogP contribution in [0.4, 0.5) is 4.79 Å². The maximum absolute atomic E-state index is 12.6. The van der Waals surface area contributed by atoms with Crippen LogP contribution in [-0.4, -0.2) is 35.8 Å². The minimum Gasteiger partial charge on any atom is -0.344 e. The van der Waals surface area contributed by atoms with E-state index in [0.29, 0.717) is 10.6 Å².